The van der Waals surface area contributed by atoms with E-state index in [0.717, 1.165) is 45.8 Å². The van der Waals surface area contributed by atoms with E-state index < -0.39 is 12.2 Å². The molecule has 5 rings (SSSR count). The minimum atomic E-state index is -0.716. The maximum absolute atomic E-state index is 12.5. The zero-order valence-electron chi connectivity index (χ0n) is 19.6. The summed E-state index contributed by atoms with van der Waals surface area (Å²) in [5.41, 5.74) is 2.45. The van der Waals surface area contributed by atoms with Crippen molar-refractivity contribution in [1.82, 2.24) is 15.2 Å². The highest BCUT2D eigenvalue weighted by atomic mass is 32.2. The Kier molecular flexibility index (Phi) is 7.22. The number of benzene rings is 2. The number of aliphatic hydroxyl groups excluding tert-OH is 2. The van der Waals surface area contributed by atoms with Crippen LogP contribution in [-0.2, 0) is 4.79 Å². The average molecular weight is 495 g/mol. The normalized spacial score (nSPS) is 23.5. The fraction of sp³-hybridized carbons (Fsp3) is 0.385. The summed E-state index contributed by atoms with van der Waals surface area (Å²) in [5.74, 6) is 0.701. The molecule has 0 bridgehead atoms. The summed E-state index contributed by atoms with van der Waals surface area (Å²) in [6.07, 6.45) is 1.13. The van der Waals surface area contributed by atoms with Crippen LogP contribution >= 0.6 is 11.8 Å². The summed E-state index contributed by atoms with van der Waals surface area (Å²) in [5, 5.41) is 28.8. The smallest absolute Gasteiger partial charge is 0.239 e. The summed E-state index contributed by atoms with van der Waals surface area (Å²) in [7, 11) is 1.62. The van der Waals surface area contributed by atoms with Gasteiger partial charge in [-0.15, -0.1) is 11.8 Å². The van der Waals surface area contributed by atoms with E-state index in [0.29, 0.717) is 19.6 Å². The van der Waals surface area contributed by atoms with Gasteiger partial charge in [-0.2, -0.15) is 0 Å². The number of hydrogen-bond donors (Lipinski definition) is 4. The van der Waals surface area contributed by atoms with Crippen molar-refractivity contribution in [2.24, 2.45) is 0 Å². The topological polar surface area (TPSA) is 107 Å². The number of hydrogen-bond acceptors (Lipinski definition) is 8. The molecule has 2 aliphatic heterocycles. The van der Waals surface area contributed by atoms with Gasteiger partial charge >= 0.3 is 0 Å². The molecule has 0 aliphatic carbocycles. The lowest BCUT2D eigenvalue weighted by atomic mass is 9.99. The van der Waals surface area contributed by atoms with Crippen molar-refractivity contribution >= 4 is 34.3 Å². The number of amides is 1. The first-order valence-electron chi connectivity index (χ1n) is 11.8. The van der Waals surface area contributed by atoms with Gasteiger partial charge in [-0.25, -0.2) is 0 Å². The molecule has 1 unspecified atom stereocenters. The van der Waals surface area contributed by atoms with Crippen LogP contribution in [0, 0.1) is 0 Å². The Hall–Kier alpha value is -2.69. The zero-order chi connectivity index (χ0) is 24.4. The maximum atomic E-state index is 12.5. The summed E-state index contributed by atoms with van der Waals surface area (Å²) in [4.78, 5) is 20.0. The molecule has 1 aromatic heterocycles. The second-order valence-electron chi connectivity index (χ2n) is 9.02. The second kappa shape index (κ2) is 10.5. The van der Waals surface area contributed by atoms with Gasteiger partial charge in [-0.1, -0.05) is 12.1 Å². The molecular formula is C26H30N4O4S. The molecule has 3 aromatic rings. The number of aliphatic hydroxyl groups is 2. The van der Waals surface area contributed by atoms with Crippen LogP contribution in [-0.4, -0.2) is 76.7 Å². The average Bonchev–Trinajstić information content (AvgIpc) is 2.87. The van der Waals surface area contributed by atoms with E-state index in [-0.39, 0.29) is 17.2 Å². The predicted molar refractivity (Wildman–Crippen MR) is 137 cm³/mol. The van der Waals surface area contributed by atoms with E-state index in [1.165, 1.54) is 0 Å². The number of carbonyl (C=O) groups excluding carboxylic acids is 1. The SMILES string of the molecule is COc1ccc2nccc([C@@H](O)CN3CC[C@@H](NCC4Sc5ccccc5NC4=O)[C@H](O)C3)c2c1. The quantitative estimate of drug-likeness (QED) is 0.397. The first kappa shape index (κ1) is 24.0. The van der Waals surface area contributed by atoms with Crippen LogP contribution in [0.5, 0.6) is 5.75 Å². The number of β-amino-alcohol motifs (C(OH)–C–C–N with tert-alkyl or cyclic N) is 2. The number of carbonyl (C=O) groups is 1. The lowest BCUT2D eigenvalue weighted by molar-refractivity contribution is -0.115. The largest absolute Gasteiger partial charge is 0.497 e. The minimum absolute atomic E-state index is 0.0162. The Labute approximate surface area is 208 Å². The molecule has 35 heavy (non-hydrogen) atoms. The lowest BCUT2D eigenvalue weighted by Crippen LogP contribution is -2.55. The third kappa shape index (κ3) is 5.29. The fourth-order valence-corrected chi connectivity index (χ4v) is 5.85. The summed E-state index contributed by atoms with van der Waals surface area (Å²) in [6.45, 7) is 2.09. The number of aromatic nitrogens is 1. The lowest BCUT2D eigenvalue weighted by Gasteiger charge is -2.38. The van der Waals surface area contributed by atoms with Crippen molar-refractivity contribution in [3.05, 3.63) is 60.3 Å². The number of ether oxygens (including phenoxy) is 1. The predicted octanol–water partition coefficient (Wildman–Crippen LogP) is 2.41. The Balaban J connectivity index is 1.16. The molecule has 8 nitrogen and oxygen atoms in total. The number of nitrogens with zero attached hydrogens (tertiary/aromatic N) is 2. The van der Waals surface area contributed by atoms with E-state index in [1.807, 2.05) is 48.5 Å². The van der Waals surface area contributed by atoms with E-state index in [2.05, 4.69) is 20.5 Å². The van der Waals surface area contributed by atoms with Gasteiger partial charge < -0.3 is 25.6 Å². The van der Waals surface area contributed by atoms with Crippen molar-refractivity contribution in [1.29, 1.82) is 0 Å². The van der Waals surface area contributed by atoms with Crippen LogP contribution in [0.3, 0.4) is 0 Å². The van der Waals surface area contributed by atoms with Crippen LogP contribution in [0.4, 0.5) is 5.69 Å². The molecule has 4 atom stereocenters. The zero-order valence-corrected chi connectivity index (χ0v) is 20.4. The molecule has 0 saturated carbocycles. The van der Waals surface area contributed by atoms with Crippen molar-refractivity contribution in [3.8, 4) is 5.75 Å². The molecule has 1 fully saturated rings. The molecule has 9 heteroatoms. The Morgan fingerprint density at radius 1 is 1.29 bits per heavy atom. The van der Waals surface area contributed by atoms with Gasteiger partial charge in [0.25, 0.3) is 0 Å². The molecule has 3 heterocycles. The number of likely N-dealkylation sites (tertiary alicyclic amines) is 1. The Morgan fingerprint density at radius 2 is 2.14 bits per heavy atom. The van der Waals surface area contributed by atoms with Crippen molar-refractivity contribution < 1.29 is 19.7 Å². The maximum Gasteiger partial charge on any atom is 0.239 e. The monoisotopic (exact) mass is 494 g/mol. The fourth-order valence-electron chi connectivity index (χ4n) is 4.79. The van der Waals surface area contributed by atoms with Gasteiger partial charge in [-0.05, 0) is 54.9 Å². The van der Waals surface area contributed by atoms with Crippen LogP contribution in [0.1, 0.15) is 18.1 Å². The highest BCUT2D eigenvalue weighted by Gasteiger charge is 2.32. The van der Waals surface area contributed by atoms with E-state index in [1.54, 1.807) is 25.1 Å². The van der Waals surface area contributed by atoms with Crippen molar-refractivity contribution in [3.63, 3.8) is 0 Å². The van der Waals surface area contributed by atoms with Crippen molar-refractivity contribution in [2.75, 3.05) is 38.6 Å². The van der Waals surface area contributed by atoms with Gasteiger partial charge in [0.1, 0.15) is 11.0 Å². The third-order valence-corrected chi connectivity index (χ3v) is 7.99. The van der Waals surface area contributed by atoms with Gasteiger partial charge in [0.2, 0.25) is 5.91 Å². The summed E-state index contributed by atoms with van der Waals surface area (Å²) < 4.78 is 5.34. The summed E-state index contributed by atoms with van der Waals surface area (Å²) in [6, 6.07) is 15.2. The number of nitrogens with one attached hydrogen (secondary N) is 2. The first-order valence-corrected chi connectivity index (χ1v) is 12.7. The van der Waals surface area contributed by atoms with Gasteiger partial charge in [-0.3, -0.25) is 14.7 Å². The molecular weight excluding hydrogens is 464 g/mol. The number of pyridine rings is 1. The second-order valence-corrected chi connectivity index (χ2v) is 10.3. The van der Waals surface area contributed by atoms with E-state index in [9.17, 15) is 15.0 Å². The molecule has 0 spiro atoms. The number of para-hydroxylation sites is 1. The molecule has 184 valence electrons. The molecule has 2 aliphatic rings. The highest BCUT2D eigenvalue weighted by Crippen LogP contribution is 2.35. The number of rotatable bonds is 7. The number of anilines is 1. The molecule has 4 N–H and O–H groups in total. The van der Waals surface area contributed by atoms with Gasteiger partial charge in [0.05, 0.1) is 30.5 Å². The van der Waals surface area contributed by atoms with Crippen LogP contribution < -0.4 is 15.4 Å². The van der Waals surface area contributed by atoms with E-state index >= 15 is 0 Å². The summed E-state index contributed by atoms with van der Waals surface area (Å²) >= 11 is 1.55. The minimum Gasteiger partial charge on any atom is -0.497 e. The van der Waals surface area contributed by atoms with Crippen molar-refractivity contribution in [2.45, 2.75) is 34.8 Å². The first-order chi connectivity index (χ1) is 17.0. The third-order valence-electron chi connectivity index (χ3n) is 6.71. The van der Waals surface area contributed by atoms with Gasteiger partial charge in [0, 0.05) is 42.2 Å². The van der Waals surface area contributed by atoms with Gasteiger partial charge in [0.15, 0.2) is 0 Å². The Morgan fingerprint density at radius 3 is 2.97 bits per heavy atom. The van der Waals surface area contributed by atoms with E-state index in [4.69, 9.17) is 4.74 Å². The molecule has 1 amide bonds. The molecule has 1 saturated heterocycles. The number of methoxy groups -OCH3 is 1. The Bertz CT molecular complexity index is 1210. The molecule has 2 aromatic carbocycles. The van der Waals surface area contributed by atoms with Crippen LogP contribution in [0.25, 0.3) is 10.9 Å². The highest BCUT2D eigenvalue weighted by molar-refractivity contribution is 8.01. The number of thioether (sulfide) groups is 1. The number of fused-ring (bicyclic) bond motifs is 2. The van der Waals surface area contributed by atoms with Crippen LogP contribution in [0.2, 0.25) is 0 Å². The standard InChI is InChI=1S/C26H30N4O4S/c1-34-16-6-7-19-18(12-16)17(8-10-27-19)22(31)14-30-11-9-20(23(32)15-30)28-13-25-26(33)29-21-4-2-3-5-24(21)35-25/h2-8,10,12,20,22-23,25,28,31-32H,9,11,13-15H2,1H3,(H,29,33)/t20-,22+,23-,25?/m1/s1. The number of piperidine rings is 1. The van der Waals surface area contributed by atoms with Crippen LogP contribution in [0.15, 0.2) is 59.6 Å². The molecule has 0 radical (unpaired) electrons.